The third kappa shape index (κ3) is 2.13. The molecule has 3 aromatic rings. The Hall–Kier alpha value is -2.37. The molecule has 3 rings (SSSR count). The Morgan fingerprint density at radius 3 is 2.55 bits per heavy atom. The van der Waals surface area contributed by atoms with Crippen LogP contribution < -0.4 is 0 Å². The Labute approximate surface area is 112 Å². The molecule has 0 fully saturated rings. The molecule has 0 aliphatic heterocycles. The lowest BCUT2D eigenvalue weighted by Gasteiger charge is -2.12. The molecule has 0 saturated carbocycles. The van der Waals surface area contributed by atoms with Gasteiger partial charge in [-0.25, -0.2) is 9.50 Å². The molecule has 2 aromatic heterocycles. The molecule has 0 aliphatic carbocycles. The third-order valence-corrected chi connectivity index (χ3v) is 2.95. The molecular formula is C14H10F3N3. The van der Waals surface area contributed by atoms with E-state index in [0.717, 1.165) is 11.8 Å². The van der Waals surface area contributed by atoms with Crippen molar-refractivity contribution >= 4 is 5.65 Å². The van der Waals surface area contributed by atoms with Crippen molar-refractivity contribution in [3.05, 3.63) is 53.9 Å². The van der Waals surface area contributed by atoms with Crippen LogP contribution in [-0.2, 0) is 6.18 Å². The number of imidazole rings is 1. The Balaban J connectivity index is 2.20. The summed E-state index contributed by atoms with van der Waals surface area (Å²) in [5.74, 6) is 0. The molecule has 0 atom stereocenters. The quantitative estimate of drug-likeness (QED) is 0.678. The second kappa shape index (κ2) is 4.33. The van der Waals surface area contributed by atoms with Gasteiger partial charge in [0.05, 0.1) is 23.1 Å². The Bertz CT molecular complexity index is 775. The van der Waals surface area contributed by atoms with Gasteiger partial charge in [-0.3, -0.25) is 0 Å². The van der Waals surface area contributed by atoms with Crippen molar-refractivity contribution in [2.75, 3.05) is 0 Å². The highest BCUT2D eigenvalue weighted by Crippen LogP contribution is 2.36. The van der Waals surface area contributed by atoms with E-state index in [1.807, 2.05) is 0 Å². The largest absolute Gasteiger partial charge is 0.417 e. The zero-order valence-electron chi connectivity index (χ0n) is 10.5. The fraction of sp³-hybridized carbons (Fsp3) is 0.143. The monoisotopic (exact) mass is 277 g/mol. The first-order chi connectivity index (χ1) is 9.45. The van der Waals surface area contributed by atoms with Gasteiger partial charge in [0.2, 0.25) is 0 Å². The highest BCUT2D eigenvalue weighted by atomic mass is 19.4. The number of aryl methyl sites for hydroxylation is 1. The number of aromatic nitrogens is 3. The van der Waals surface area contributed by atoms with E-state index in [0.29, 0.717) is 5.65 Å². The fourth-order valence-electron chi connectivity index (χ4n) is 2.10. The topological polar surface area (TPSA) is 30.2 Å². The van der Waals surface area contributed by atoms with E-state index in [9.17, 15) is 13.2 Å². The first-order valence-corrected chi connectivity index (χ1v) is 5.95. The van der Waals surface area contributed by atoms with Crippen LogP contribution in [0, 0.1) is 6.92 Å². The minimum atomic E-state index is -4.40. The van der Waals surface area contributed by atoms with Gasteiger partial charge >= 0.3 is 6.18 Å². The van der Waals surface area contributed by atoms with Crippen LogP contribution >= 0.6 is 0 Å². The Morgan fingerprint density at radius 2 is 1.80 bits per heavy atom. The molecule has 0 radical (unpaired) electrons. The van der Waals surface area contributed by atoms with Crippen LogP contribution in [0.5, 0.6) is 0 Å². The molecule has 0 saturated heterocycles. The van der Waals surface area contributed by atoms with E-state index >= 15 is 0 Å². The summed E-state index contributed by atoms with van der Waals surface area (Å²) in [6, 6.07) is 8.61. The maximum atomic E-state index is 13.0. The highest BCUT2D eigenvalue weighted by Gasteiger charge is 2.33. The van der Waals surface area contributed by atoms with E-state index in [4.69, 9.17) is 0 Å². The van der Waals surface area contributed by atoms with Gasteiger partial charge in [-0.2, -0.15) is 18.3 Å². The number of nitrogens with zero attached hydrogens (tertiary/aromatic N) is 3. The second-order valence-corrected chi connectivity index (χ2v) is 4.45. The smallest absolute Gasteiger partial charge is 0.232 e. The van der Waals surface area contributed by atoms with E-state index < -0.39 is 11.7 Å². The van der Waals surface area contributed by atoms with E-state index in [1.165, 1.54) is 16.6 Å². The number of fused-ring (bicyclic) bond motifs is 1. The van der Waals surface area contributed by atoms with Crippen molar-refractivity contribution in [2.24, 2.45) is 0 Å². The summed E-state index contributed by atoms with van der Waals surface area (Å²) in [4.78, 5) is 4.20. The van der Waals surface area contributed by atoms with Crippen molar-refractivity contribution < 1.29 is 13.2 Å². The summed E-state index contributed by atoms with van der Waals surface area (Å²) >= 11 is 0. The maximum absolute atomic E-state index is 13.0. The van der Waals surface area contributed by atoms with Crippen molar-refractivity contribution in [2.45, 2.75) is 13.1 Å². The summed E-state index contributed by atoms with van der Waals surface area (Å²) in [5.41, 5.74) is 1.01. The van der Waals surface area contributed by atoms with Crippen LogP contribution in [-0.4, -0.2) is 14.6 Å². The minimum Gasteiger partial charge on any atom is -0.232 e. The predicted octanol–water partition coefficient (Wildman–Crippen LogP) is 3.72. The van der Waals surface area contributed by atoms with Gasteiger partial charge in [0.1, 0.15) is 0 Å². The molecule has 0 amide bonds. The summed E-state index contributed by atoms with van der Waals surface area (Å²) in [6.45, 7) is 1.80. The summed E-state index contributed by atoms with van der Waals surface area (Å²) < 4.78 is 40.5. The van der Waals surface area contributed by atoms with E-state index in [1.54, 1.807) is 31.3 Å². The number of halogens is 3. The lowest BCUT2D eigenvalue weighted by molar-refractivity contribution is -0.137. The van der Waals surface area contributed by atoms with E-state index in [2.05, 4.69) is 10.1 Å². The second-order valence-electron chi connectivity index (χ2n) is 4.45. The number of alkyl halides is 3. The van der Waals surface area contributed by atoms with Gasteiger partial charge in [0, 0.05) is 5.56 Å². The first-order valence-electron chi connectivity index (χ1n) is 5.95. The van der Waals surface area contributed by atoms with Crippen LogP contribution in [0.15, 0.2) is 42.6 Å². The molecule has 3 nitrogen and oxygen atoms in total. The molecule has 2 heterocycles. The van der Waals surface area contributed by atoms with Gasteiger partial charge in [0.15, 0.2) is 5.65 Å². The van der Waals surface area contributed by atoms with Crippen LogP contribution in [0.4, 0.5) is 13.2 Å². The highest BCUT2D eigenvalue weighted by molar-refractivity contribution is 5.65. The molecule has 0 unspecified atom stereocenters. The minimum absolute atomic E-state index is 0.0632. The van der Waals surface area contributed by atoms with Crippen LogP contribution in [0.2, 0.25) is 0 Å². The molecule has 0 aliphatic rings. The predicted molar refractivity (Wildman–Crippen MR) is 68.2 cm³/mol. The van der Waals surface area contributed by atoms with Gasteiger partial charge < -0.3 is 0 Å². The summed E-state index contributed by atoms with van der Waals surface area (Å²) in [5, 5.41) is 4.19. The Morgan fingerprint density at radius 1 is 1.05 bits per heavy atom. The zero-order valence-corrected chi connectivity index (χ0v) is 10.5. The van der Waals surface area contributed by atoms with Crippen LogP contribution in [0.3, 0.4) is 0 Å². The average Bonchev–Trinajstić information content (AvgIpc) is 2.76. The summed E-state index contributed by atoms with van der Waals surface area (Å²) in [7, 11) is 0. The Kier molecular flexibility index (Phi) is 2.74. The molecule has 0 N–H and O–H groups in total. The fourth-order valence-corrected chi connectivity index (χ4v) is 2.10. The number of benzene rings is 1. The van der Waals surface area contributed by atoms with Crippen molar-refractivity contribution in [1.82, 2.24) is 14.6 Å². The first kappa shape index (κ1) is 12.7. The molecule has 20 heavy (non-hydrogen) atoms. The summed E-state index contributed by atoms with van der Waals surface area (Å²) in [6.07, 6.45) is -2.73. The zero-order chi connectivity index (χ0) is 14.3. The van der Waals surface area contributed by atoms with Crippen molar-refractivity contribution in [1.29, 1.82) is 0 Å². The molecule has 1 aromatic carbocycles. The standard InChI is InChI=1S/C14H10F3N3/c1-9-8-20-13(18-9)7-6-12(19-20)10-4-2-3-5-11(10)14(15,16)17/h2-8H,1H3. The lowest BCUT2D eigenvalue weighted by Crippen LogP contribution is -2.07. The van der Waals surface area contributed by atoms with Crippen LogP contribution in [0.1, 0.15) is 11.3 Å². The van der Waals surface area contributed by atoms with Crippen molar-refractivity contribution in [3.8, 4) is 11.3 Å². The molecule has 0 spiro atoms. The number of rotatable bonds is 1. The van der Waals surface area contributed by atoms with Gasteiger partial charge in [-0.1, -0.05) is 18.2 Å². The average molecular weight is 277 g/mol. The maximum Gasteiger partial charge on any atom is 0.417 e. The molecule has 102 valence electrons. The third-order valence-electron chi connectivity index (χ3n) is 2.95. The lowest BCUT2D eigenvalue weighted by atomic mass is 10.0. The van der Waals surface area contributed by atoms with Gasteiger partial charge in [-0.05, 0) is 25.1 Å². The van der Waals surface area contributed by atoms with Crippen molar-refractivity contribution in [3.63, 3.8) is 0 Å². The normalized spacial score (nSPS) is 12.0. The SMILES string of the molecule is Cc1cn2nc(-c3ccccc3C(F)(F)F)ccc2n1. The number of hydrogen-bond donors (Lipinski definition) is 0. The van der Waals surface area contributed by atoms with E-state index in [-0.39, 0.29) is 11.3 Å². The molecule has 0 bridgehead atoms. The molecular weight excluding hydrogens is 267 g/mol. The molecule has 6 heteroatoms. The van der Waals surface area contributed by atoms with Gasteiger partial charge in [0.25, 0.3) is 0 Å². The van der Waals surface area contributed by atoms with Crippen LogP contribution in [0.25, 0.3) is 16.9 Å². The number of hydrogen-bond acceptors (Lipinski definition) is 2. The van der Waals surface area contributed by atoms with Gasteiger partial charge in [-0.15, -0.1) is 0 Å².